The highest BCUT2D eigenvalue weighted by molar-refractivity contribution is 7.25. The molecule has 0 spiro atoms. The normalized spacial score (nSPS) is 11.6. The summed E-state index contributed by atoms with van der Waals surface area (Å²) in [5.74, 6) is 1.92. The third-order valence-corrected chi connectivity index (χ3v) is 11.7. The Bertz CT molecular complexity index is 3200. The Balaban J connectivity index is 1.10. The molecule has 11 aromatic rings. The zero-order valence-electron chi connectivity index (χ0n) is 30.1. The first-order chi connectivity index (χ1) is 27.7. The number of thiophene rings is 1. The van der Waals surface area contributed by atoms with Gasteiger partial charge in [-0.15, -0.1) is 11.3 Å². The molecule has 0 bridgehead atoms. The number of benzene rings is 8. The third-order valence-electron chi connectivity index (χ3n) is 10.6. The molecule has 0 atom stereocenters. The van der Waals surface area contributed by atoms with Crippen LogP contribution in [0.1, 0.15) is 0 Å². The van der Waals surface area contributed by atoms with E-state index in [1.807, 2.05) is 84.1 Å². The number of hydrogen-bond acceptors (Lipinski definition) is 5. The number of aromatic nitrogens is 3. The van der Waals surface area contributed by atoms with Gasteiger partial charge in [0.25, 0.3) is 0 Å². The van der Waals surface area contributed by atoms with Gasteiger partial charge < -0.3 is 4.42 Å². The van der Waals surface area contributed by atoms with Gasteiger partial charge in [-0.1, -0.05) is 146 Å². The fourth-order valence-electron chi connectivity index (χ4n) is 7.87. The van der Waals surface area contributed by atoms with Crippen molar-refractivity contribution in [2.24, 2.45) is 0 Å². The topological polar surface area (TPSA) is 51.8 Å². The summed E-state index contributed by atoms with van der Waals surface area (Å²) in [6.07, 6.45) is 0. The Kier molecular flexibility index (Phi) is 7.64. The van der Waals surface area contributed by atoms with Gasteiger partial charge in [0.1, 0.15) is 11.2 Å². The van der Waals surface area contributed by atoms with Crippen LogP contribution in [0.3, 0.4) is 0 Å². The Morgan fingerprint density at radius 1 is 0.321 bits per heavy atom. The van der Waals surface area contributed by atoms with E-state index in [1.54, 1.807) is 0 Å². The van der Waals surface area contributed by atoms with Crippen molar-refractivity contribution >= 4 is 53.4 Å². The highest BCUT2D eigenvalue weighted by Crippen LogP contribution is 2.45. The molecule has 0 amide bonds. The predicted molar refractivity (Wildman–Crippen MR) is 233 cm³/mol. The molecule has 0 unspecified atom stereocenters. The van der Waals surface area contributed by atoms with E-state index in [0.717, 1.165) is 60.9 Å². The summed E-state index contributed by atoms with van der Waals surface area (Å²) in [5.41, 5.74) is 11.5. The maximum atomic E-state index is 6.23. The average molecular weight is 734 g/mol. The number of hydrogen-bond donors (Lipinski definition) is 0. The standard InChI is InChI=1S/C51H31N3OS/c1-3-13-32(14-4-1)49-52-50(33-15-5-2-6-16-33)54-51(53-49)37-18-11-17-34(29-37)35-25-27-38(36-26-28-45-43(31-36)39-19-7-9-22-44(39)55-45)42(30-35)40-21-12-24-47-48(40)41-20-8-10-23-46(41)56-47/h1-31H. The lowest BCUT2D eigenvalue weighted by molar-refractivity contribution is 0.669. The Labute approximate surface area is 327 Å². The van der Waals surface area contributed by atoms with Crippen LogP contribution >= 0.6 is 11.3 Å². The number of nitrogens with zero attached hydrogens (tertiary/aromatic N) is 3. The molecule has 0 saturated carbocycles. The Hall–Kier alpha value is -7.21. The van der Waals surface area contributed by atoms with Crippen LogP contribution in [0.5, 0.6) is 0 Å². The van der Waals surface area contributed by atoms with Crippen molar-refractivity contribution in [3.05, 3.63) is 188 Å². The second-order valence-electron chi connectivity index (χ2n) is 14.0. The number of fused-ring (bicyclic) bond motifs is 6. The first-order valence-electron chi connectivity index (χ1n) is 18.7. The first-order valence-corrected chi connectivity index (χ1v) is 19.5. The maximum absolute atomic E-state index is 6.23. The molecular formula is C51H31N3OS. The lowest BCUT2D eigenvalue weighted by Crippen LogP contribution is -2.00. The highest BCUT2D eigenvalue weighted by Gasteiger charge is 2.18. The van der Waals surface area contributed by atoms with Crippen LogP contribution in [0, 0.1) is 0 Å². The molecule has 262 valence electrons. The van der Waals surface area contributed by atoms with Crippen molar-refractivity contribution in [1.82, 2.24) is 15.0 Å². The second kappa shape index (κ2) is 13.3. The van der Waals surface area contributed by atoms with Crippen LogP contribution in [-0.4, -0.2) is 15.0 Å². The predicted octanol–water partition coefficient (Wildman–Crippen LogP) is 14.1. The van der Waals surface area contributed by atoms with Gasteiger partial charge in [0.15, 0.2) is 17.5 Å². The van der Waals surface area contributed by atoms with Crippen LogP contribution in [0.25, 0.3) is 110 Å². The smallest absolute Gasteiger partial charge is 0.164 e. The van der Waals surface area contributed by atoms with Crippen LogP contribution in [0.2, 0.25) is 0 Å². The lowest BCUT2D eigenvalue weighted by Gasteiger charge is -2.15. The fourth-order valence-corrected chi connectivity index (χ4v) is 9.00. The molecule has 3 aromatic heterocycles. The van der Waals surface area contributed by atoms with E-state index >= 15 is 0 Å². The summed E-state index contributed by atoms with van der Waals surface area (Å²) in [6, 6.07) is 65.9. The van der Waals surface area contributed by atoms with Crippen molar-refractivity contribution < 1.29 is 4.42 Å². The van der Waals surface area contributed by atoms with Gasteiger partial charge in [-0.2, -0.15) is 0 Å². The van der Waals surface area contributed by atoms with Gasteiger partial charge in [-0.3, -0.25) is 0 Å². The van der Waals surface area contributed by atoms with Gasteiger partial charge in [0, 0.05) is 47.6 Å². The SMILES string of the molecule is c1ccc(-c2nc(-c3ccccc3)nc(-c3cccc(-c4ccc(-c5ccc6oc7ccccc7c6c5)c(-c5cccc6sc7ccccc7c56)c4)c3)n2)cc1. The molecule has 0 radical (unpaired) electrons. The van der Waals surface area contributed by atoms with Crippen molar-refractivity contribution in [2.75, 3.05) is 0 Å². The summed E-state index contributed by atoms with van der Waals surface area (Å²) < 4.78 is 8.79. The van der Waals surface area contributed by atoms with Gasteiger partial charge in [-0.05, 0) is 75.8 Å². The molecule has 0 fully saturated rings. The van der Waals surface area contributed by atoms with E-state index in [9.17, 15) is 0 Å². The average Bonchev–Trinajstić information content (AvgIpc) is 3.85. The van der Waals surface area contributed by atoms with Crippen molar-refractivity contribution in [3.8, 4) is 67.5 Å². The van der Waals surface area contributed by atoms with E-state index in [-0.39, 0.29) is 0 Å². The van der Waals surface area contributed by atoms with Gasteiger partial charge in [0.05, 0.1) is 0 Å². The molecule has 8 aromatic carbocycles. The van der Waals surface area contributed by atoms with Crippen LogP contribution in [0.15, 0.2) is 192 Å². The quantitative estimate of drug-likeness (QED) is 0.171. The number of rotatable bonds is 6. The van der Waals surface area contributed by atoms with Gasteiger partial charge >= 0.3 is 0 Å². The van der Waals surface area contributed by atoms with Crippen molar-refractivity contribution in [3.63, 3.8) is 0 Å². The molecule has 4 nitrogen and oxygen atoms in total. The molecule has 11 rings (SSSR count). The van der Waals surface area contributed by atoms with E-state index in [4.69, 9.17) is 19.4 Å². The molecule has 5 heteroatoms. The van der Waals surface area contributed by atoms with Crippen LogP contribution in [-0.2, 0) is 0 Å². The van der Waals surface area contributed by atoms with E-state index in [1.165, 1.54) is 31.3 Å². The summed E-state index contributed by atoms with van der Waals surface area (Å²) in [4.78, 5) is 15.0. The fraction of sp³-hybridized carbons (Fsp3) is 0. The molecular weight excluding hydrogens is 703 g/mol. The molecule has 3 heterocycles. The summed E-state index contributed by atoms with van der Waals surface area (Å²) in [7, 11) is 0. The largest absolute Gasteiger partial charge is 0.456 e. The van der Waals surface area contributed by atoms with Crippen LogP contribution < -0.4 is 0 Å². The number of para-hydroxylation sites is 1. The van der Waals surface area contributed by atoms with E-state index in [0.29, 0.717) is 17.5 Å². The summed E-state index contributed by atoms with van der Waals surface area (Å²) in [6.45, 7) is 0. The molecule has 0 aliphatic heterocycles. The minimum absolute atomic E-state index is 0.631. The van der Waals surface area contributed by atoms with E-state index < -0.39 is 0 Å². The molecule has 56 heavy (non-hydrogen) atoms. The van der Waals surface area contributed by atoms with Crippen molar-refractivity contribution in [1.29, 1.82) is 0 Å². The third kappa shape index (κ3) is 5.56. The minimum Gasteiger partial charge on any atom is -0.456 e. The van der Waals surface area contributed by atoms with Crippen molar-refractivity contribution in [2.45, 2.75) is 0 Å². The first kappa shape index (κ1) is 32.2. The molecule has 0 saturated heterocycles. The van der Waals surface area contributed by atoms with Gasteiger partial charge in [0.2, 0.25) is 0 Å². The number of furan rings is 1. The molecule has 0 aliphatic rings. The second-order valence-corrected chi connectivity index (χ2v) is 15.0. The zero-order valence-corrected chi connectivity index (χ0v) is 30.9. The minimum atomic E-state index is 0.631. The van der Waals surface area contributed by atoms with Gasteiger partial charge in [-0.25, -0.2) is 15.0 Å². The monoisotopic (exact) mass is 733 g/mol. The highest BCUT2D eigenvalue weighted by atomic mass is 32.1. The zero-order chi connectivity index (χ0) is 37.0. The Morgan fingerprint density at radius 2 is 0.893 bits per heavy atom. The van der Waals surface area contributed by atoms with E-state index in [2.05, 4.69) is 115 Å². The lowest BCUT2D eigenvalue weighted by atomic mass is 9.88. The molecule has 0 N–H and O–H groups in total. The molecule has 0 aliphatic carbocycles. The Morgan fingerprint density at radius 3 is 1.68 bits per heavy atom. The van der Waals surface area contributed by atoms with Crippen LogP contribution in [0.4, 0.5) is 0 Å². The summed E-state index contributed by atoms with van der Waals surface area (Å²) in [5, 5.41) is 4.79. The maximum Gasteiger partial charge on any atom is 0.164 e. The summed E-state index contributed by atoms with van der Waals surface area (Å²) >= 11 is 1.84.